The lowest BCUT2D eigenvalue weighted by atomic mass is 10.1. The number of carbonyl (C=O) groups is 1. The molecule has 0 aliphatic rings. The molecule has 24 heavy (non-hydrogen) atoms. The van der Waals surface area contributed by atoms with Gasteiger partial charge in [0, 0.05) is 7.05 Å². The van der Waals surface area contributed by atoms with E-state index in [0.29, 0.717) is 11.3 Å². The third-order valence-electron chi connectivity index (χ3n) is 3.35. The molecule has 0 radical (unpaired) electrons. The van der Waals surface area contributed by atoms with Crippen LogP contribution in [0.3, 0.4) is 0 Å². The number of ether oxygens (including phenoxy) is 1. The highest BCUT2D eigenvalue weighted by Crippen LogP contribution is 2.37. The van der Waals surface area contributed by atoms with Gasteiger partial charge in [-0.1, -0.05) is 23.7 Å². The van der Waals surface area contributed by atoms with Gasteiger partial charge in [0.1, 0.15) is 11.4 Å². The first kappa shape index (κ1) is 18.1. The Bertz CT molecular complexity index is 772. The molecule has 1 aromatic carbocycles. The zero-order valence-corrected chi connectivity index (χ0v) is 13.9. The van der Waals surface area contributed by atoms with Gasteiger partial charge in [0.05, 0.1) is 13.5 Å². The smallest absolute Gasteiger partial charge is 0.437 e. The largest absolute Gasteiger partial charge is 0.496 e. The number of nitrogens with one attached hydrogen (secondary N) is 1. The number of methoxy groups -OCH3 is 1. The van der Waals surface area contributed by atoms with Gasteiger partial charge >= 0.3 is 6.18 Å². The number of benzene rings is 1. The Morgan fingerprint density at radius 3 is 2.67 bits per heavy atom. The topological polar surface area (TPSA) is 56.1 Å². The summed E-state index contributed by atoms with van der Waals surface area (Å²) in [6.45, 7) is 1.84. The summed E-state index contributed by atoms with van der Waals surface area (Å²) in [5.74, 6) is -0.0444. The van der Waals surface area contributed by atoms with Crippen LogP contribution in [-0.2, 0) is 24.4 Å². The van der Waals surface area contributed by atoms with Crippen molar-refractivity contribution in [1.82, 2.24) is 9.78 Å². The summed E-state index contributed by atoms with van der Waals surface area (Å²) in [6, 6.07) is 5.12. The van der Waals surface area contributed by atoms with Gasteiger partial charge in [0.15, 0.2) is 10.8 Å². The van der Waals surface area contributed by atoms with Gasteiger partial charge in [-0.25, -0.2) is 0 Å². The third-order valence-corrected chi connectivity index (χ3v) is 3.78. The number of aryl methyl sites for hydroxylation is 2. The van der Waals surface area contributed by atoms with Crippen LogP contribution in [-0.4, -0.2) is 22.8 Å². The number of alkyl halides is 3. The van der Waals surface area contributed by atoms with Crippen molar-refractivity contribution in [2.45, 2.75) is 19.5 Å². The Morgan fingerprint density at radius 2 is 2.08 bits per heavy atom. The molecule has 9 heteroatoms. The summed E-state index contributed by atoms with van der Waals surface area (Å²) < 4.78 is 44.9. The van der Waals surface area contributed by atoms with Crippen molar-refractivity contribution < 1.29 is 22.7 Å². The second-order valence-corrected chi connectivity index (χ2v) is 5.52. The molecule has 5 nitrogen and oxygen atoms in total. The third kappa shape index (κ3) is 3.81. The molecule has 0 atom stereocenters. The van der Waals surface area contributed by atoms with Gasteiger partial charge in [-0.15, -0.1) is 0 Å². The zero-order chi connectivity index (χ0) is 18.1. The first-order valence-corrected chi connectivity index (χ1v) is 7.24. The molecule has 0 aliphatic carbocycles. The molecule has 2 aromatic rings. The van der Waals surface area contributed by atoms with Gasteiger partial charge in [-0.3, -0.25) is 9.48 Å². The van der Waals surface area contributed by atoms with Crippen molar-refractivity contribution in [3.8, 4) is 5.75 Å². The van der Waals surface area contributed by atoms with Gasteiger partial charge in [0.25, 0.3) is 0 Å². The Morgan fingerprint density at radius 1 is 1.42 bits per heavy atom. The van der Waals surface area contributed by atoms with Crippen LogP contribution >= 0.6 is 11.6 Å². The van der Waals surface area contributed by atoms with E-state index in [1.54, 1.807) is 18.2 Å². The highest BCUT2D eigenvalue weighted by molar-refractivity contribution is 6.32. The Kier molecular flexibility index (Phi) is 5.08. The average molecular weight is 362 g/mol. The monoisotopic (exact) mass is 361 g/mol. The average Bonchev–Trinajstić information content (AvgIpc) is 2.77. The Hall–Kier alpha value is -2.22. The molecule has 0 saturated carbocycles. The molecule has 0 aliphatic heterocycles. The van der Waals surface area contributed by atoms with Crippen LogP contribution in [0.15, 0.2) is 18.2 Å². The summed E-state index contributed by atoms with van der Waals surface area (Å²) in [4.78, 5) is 12.1. The number of aromatic nitrogens is 2. The first-order chi connectivity index (χ1) is 11.1. The number of anilines is 1. The molecule has 1 heterocycles. The summed E-state index contributed by atoms with van der Waals surface area (Å²) in [5, 5.41) is 5.20. The normalized spacial score (nSPS) is 11.5. The fraction of sp³-hybridized carbons (Fsp3) is 0.333. The molecule has 2 rings (SSSR count). The lowest BCUT2D eigenvalue weighted by Gasteiger charge is -2.10. The summed E-state index contributed by atoms with van der Waals surface area (Å²) in [6.07, 6.45) is -4.85. The van der Waals surface area contributed by atoms with Crippen LogP contribution in [0.4, 0.5) is 18.9 Å². The molecule has 0 spiro atoms. The van der Waals surface area contributed by atoms with Crippen LogP contribution in [0.1, 0.15) is 16.8 Å². The van der Waals surface area contributed by atoms with Crippen molar-refractivity contribution >= 4 is 23.2 Å². The van der Waals surface area contributed by atoms with Crippen molar-refractivity contribution in [1.29, 1.82) is 0 Å². The van der Waals surface area contributed by atoms with E-state index in [1.807, 2.05) is 6.92 Å². The van der Waals surface area contributed by atoms with Crippen LogP contribution in [0.25, 0.3) is 0 Å². The van der Waals surface area contributed by atoms with Gasteiger partial charge < -0.3 is 10.1 Å². The molecular formula is C15H15ClF3N3O2. The van der Waals surface area contributed by atoms with Crippen molar-refractivity contribution in [3.05, 3.63) is 40.2 Å². The molecule has 0 saturated heterocycles. The number of hydrogen-bond donors (Lipinski definition) is 1. The number of nitrogens with zero attached hydrogens (tertiary/aromatic N) is 2. The summed E-state index contributed by atoms with van der Waals surface area (Å²) >= 11 is 5.80. The number of hydrogen-bond acceptors (Lipinski definition) is 3. The molecule has 0 unspecified atom stereocenters. The highest BCUT2D eigenvalue weighted by Gasteiger charge is 2.39. The Balaban J connectivity index is 2.22. The van der Waals surface area contributed by atoms with E-state index in [4.69, 9.17) is 16.3 Å². The molecule has 1 amide bonds. The molecule has 0 bridgehead atoms. The van der Waals surface area contributed by atoms with E-state index in [9.17, 15) is 18.0 Å². The fourth-order valence-electron chi connectivity index (χ4n) is 2.16. The minimum atomic E-state index is -4.72. The van der Waals surface area contributed by atoms with E-state index in [-0.39, 0.29) is 11.6 Å². The van der Waals surface area contributed by atoms with E-state index in [2.05, 4.69) is 10.4 Å². The highest BCUT2D eigenvalue weighted by atomic mass is 35.5. The maximum atomic E-state index is 13.0. The van der Waals surface area contributed by atoms with Gasteiger partial charge in [-0.2, -0.15) is 18.3 Å². The first-order valence-electron chi connectivity index (χ1n) is 6.86. The molecule has 1 aromatic heterocycles. The van der Waals surface area contributed by atoms with Gasteiger partial charge in [-0.05, 0) is 24.1 Å². The van der Waals surface area contributed by atoms with Crippen molar-refractivity contribution in [2.24, 2.45) is 7.05 Å². The van der Waals surface area contributed by atoms with E-state index in [0.717, 1.165) is 10.2 Å². The predicted octanol–water partition coefficient (Wildman–Crippen LogP) is 3.59. The number of rotatable bonds is 4. The molecular weight excluding hydrogens is 347 g/mol. The maximum Gasteiger partial charge on any atom is 0.437 e. The number of carbonyl (C=O) groups excluding carboxylic acids is 1. The second kappa shape index (κ2) is 6.72. The van der Waals surface area contributed by atoms with Crippen LogP contribution in [0, 0.1) is 6.92 Å². The van der Waals surface area contributed by atoms with E-state index < -0.39 is 23.5 Å². The minimum Gasteiger partial charge on any atom is -0.496 e. The Labute approximate surface area is 141 Å². The summed E-state index contributed by atoms with van der Waals surface area (Å²) in [7, 11) is 2.76. The molecule has 130 valence electrons. The zero-order valence-electron chi connectivity index (χ0n) is 13.2. The summed E-state index contributed by atoms with van der Waals surface area (Å²) in [5.41, 5.74) is -0.291. The number of amides is 1. The van der Waals surface area contributed by atoms with E-state index in [1.165, 1.54) is 14.2 Å². The standard InChI is InChI=1S/C15H15ClF3N3O2/c1-8-4-5-9(6-10(8)24-3)7-11(23)20-12-13(15(17,18)19)21-22(2)14(12)16/h4-6H,7H2,1-3H3,(H,20,23). The van der Waals surface area contributed by atoms with Crippen molar-refractivity contribution in [3.63, 3.8) is 0 Å². The second-order valence-electron chi connectivity index (χ2n) is 5.16. The lowest BCUT2D eigenvalue weighted by Crippen LogP contribution is -2.18. The molecule has 1 N–H and O–H groups in total. The number of halogens is 4. The quantitative estimate of drug-likeness (QED) is 0.905. The predicted molar refractivity (Wildman–Crippen MR) is 83.3 cm³/mol. The van der Waals surface area contributed by atoms with Crippen LogP contribution in [0.2, 0.25) is 5.15 Å². The van der Waals surface area contributed by atoms with Crippen LogP contribution in [0.5, 0.6) is 5.75 Å². The SMILES string of the molecule is COc1cc(CC(=O)Nc2c(C(F)(F)F)nn(C)c2Cl)ccc1C. The van der Waals surface area contributed by atoms with Crippen LogP contribution < -0.4 is 10.1 Å². The lowest BCUT2D eigenvalue weighted by molar-refractivity contribution is -0.140. The maximum absolute atomic E-state index is 13.0. The van der Waals surface area contributed by atoms with E-state index >= 15 is 0 Å². The van der Waals surface area contributed by atoms with Crippen molar-refractivity contribution in [2.75, 3.05) is 12.4 Å². The minimum absolute atomic E-state index is 0.126. The van der Waals surface area contributed by atoms with Gasteiger partial charge in [0.2, 0.25) is 5.91 Å². The fourth-order valence-corrected chi connectivity index (χ4v) is 2.33. The molecule has 0 fully saturated rings.